The molecule has 0 aliphatic rings. The van der Waals surface area contributed by atoms with Crippen LogP contribution in [0.5, 0.6) is 5.75 Å². The van der Waals surface area contributed by atoms with E-state index in [-0.39, 0.29) is 5.69 Å². The third kappa shape index (κ3) is 3.88. The lowest BCUT2D eigenvalue weighted by atomic mass is 10.1. The summed E-state index contributed by atoms with van der Waals surface area (Å²) in [6.45, 7) is 2.86. The summed E-state index contributed by atoms with van der Waals surface area (Å²) < 4.78 is 14.8. The van der Waals surface area contributed by atoms with Crippen LogP contribution in [-0.2, 0) is 9.47 Å². The van der Waals surface area contributed by atoms with Gasteiger partial charge in [-0.05, 0) is 43.7 Å². The number of benzene rings is 1. The van der Waals surface area contributed by atoms with Gasteiger partial charge in [0.1, 0.15) is 5.75 Å². The van der Waals surface area contributed by atoms with Gasteiger partial charge in [-0.2, -0.15) is 0 Å². The molecule has 0 saturated heterocycles. The van der Waals surface area contributed by atoms with Crippen LogP contribution in [0.15, 0.2) is 24.3 Å². The number of nitrogens with one attached hydrogen (secondary N) is 1. The zero-order valence-electron chi connectivity index (χ0n) is 14.5. The third-order valence-electron chi connectivity index (χ3n) is 3.77. The van der Waals surface area contributed by atoms with Gasteiger partial charge in [-0.1, -0.05) is 0 Å². The monoisotopic (exact) mass is 345 g/mol. The van der Waals surface area contributed by atoms with Crippen LogP contribution < -0.4 is 4.74 Å². The average Bonchev–Trinajstić information content (AvgIpc) is 2.93. The van der Waals surface area contributed by atoms with E-state index in [0.29, 0.717) is 28.1 Å². The molecular formula is C18H19NO6. The van der Waals surface area contributed by atoms with Crippen molar-refractivity contribution in [3.05, 3.63) is 52.3 Å². The van der Waals surface area contributed by atoms with Gasteiger partial charge in [0.15, 0.2) is 6.61 Å². The first-order valence-electron chi connectivity index (χ1n) is 7.50. The summed E-state index contributed by atoms with van der Waals surface area (Å²) in [5.74, 6) is -0.969. The van der Waals surface area contributed by atoms with Gasteiger partial charge in [0, 0.05) is 5.69 Å². The molecule has 25 heavy (non-hydrogen) atoms. The van der Waals surface area contributed by atoms with Crippen molar-refractivity contribution in [2.75, 3.05) is 20.8 Å². The molecule has 1 heterocycles. The molecule has 2 aromatic rings. The number of ketones is 1. The number of carbonyl (C=O) groups is 3. The molecule has 0 saturated carbocycles. The Morgan fingerprint density at radius 2 is 1.64 bits per heavy atom. The highest BCUT2D eigenvalue weighted by Crippen LogP contribution is 2.19. The lowest BCUT2D eigenvalue weighted by molar-refractivity contribution is 0.0473. The fraction of sp³-hybridized carbons (Fsp3) is 0.278. The van der Waals surface area contributed by atoms with Gasteiger partial charge >= 0.3 is 11.9 Å². The fourth-order valence-electron chi connectivity index (χ4n) is 2.45. The zero-order chi connectivity index (χ0) is 18.6. The predicted octanol–water partition coefficient (Wildman–Crippen LogP) is 2.47. The molecule has 0 fully saturated rings. The van der Waals surface area contributed by atoms with Gasteiger partial charge in [0.2, 0.25) is 5.78 Å². The van der Waals surface area contributed by atoms with E-state index < -0.39 is 24.3 Å². The van der Waals surface area contributed by atoms with Crippen LogP contribution >= 0.6 is 0 Å². The van der Waals surface area contributed by atoms with Crippen LogP contribution in [-0.4, -0.2) is 43.5 Å². The van der Waals surface area contributed by atoms with Crippen molar-refractivity contribution in [2.45, 2.75) is 13.8 Å². The van der Waals surface area contributed by atoms with Crippen LogP contribution in [0.1, 0.15) is 42.5 Å². The summed E-state index contributed by atoms with van der Waals surface area (Å²) in [6, 6.07) is 6.34. The second kappa shape index (κ2) is 7.65. The standard InChI is InChI=1S/C18H19NO6/c1-10-15(18(22)24-4)11(2)19-16(10)14(20)9-25-17(21)12-5-7-13(23-3)8-6-12/h5-8,19H,9H2,1-4H3. The molecule has 0 unspecified atom stereocenters. The number of hydrogen-bond donors (Lipinski definition) is 1. The van der Waals surface area contributed by atoms with Crippen molar-refractivity contribution in [1.82, 2.24) is 4.98 Å². The number of aromatic nitrogens is 1. The average molecular weight is 345 g/mol. The number of hydrogen-bond acceptors (Lipinski definition) is 6. The SMILES string of the molecule is COC(=O)c1c(C)[nH]c(C(=O)COC(=O)c2ccc(OC)cc2)c1C. The molecule has 0 aliphatic heterocycles. The largest absolute Gasteiger partial charge is 0.497 e. The van der Waals surface area contributed by atoms with Crippen molar-refractivity contribution in [2.24, 2.45) is 0 Å². The quantitative estimate of drug-likeness (QED) is 0.638. The van der Waals surface area contributed by atoms with Crippen molar-refractivity contribution >= 4 is 17.7 Å². The van der Waals surface area contributed by atoms with Gasteiger partial charge in [-0.25, -0.2) is 9.59 Å². The number of aromatic amines is 1. The van der Waals surface area contributed by atoms with Crippen molar-refractivity contribution in [3.63, 3.8) is 0 Å². The number of esters is 2. The van der Waals surface area contributed by atoms with E-state index in [0.717, 1.165) is 0 Å². The Hall–Kier alpha value is -3.09. The maximum absolute atomic E-state index is 12.3. The van der Waals surface area contributed by atoms with E-state index in [4.69, 9.17) is 14.2 Å². The summed E-state index contributed by atoms with van der Waals surface area (Å²) >= 11 is 0. The molecule has 7 heteroatoms. The topological polar surface area (TPSA) is 94.7 Å². The molecule has 1 aromatic heterocycles. The van der Waals surface area contributed by atoms with Crippen molar-refractivity contribution in [3.8, 4) is 5.75 Å². The molecular weight excluding hydrogens is 326 g/mol. The molecule has 0 atom stereocenters. The summed E-state index contributed by atoms with van der Waals surface area (Å²) in [4.78, 5) is 38.9. The second-order valence-electron chi connectivity index (χ2n) is 5.34. The number of rotatable bonds is 6. The normalized spacial score (nSPS) is 10.2. The molecule has 0 aliphatic carbocycles. The van der Waals surface area contributed by atoms with Gasteiger partial charge < -0.3 is 19.2 Å². The van der Waals surface area contributed by atoms with E-state index in [2.05, 4.69) is 4.98 Å². The molecule has 7 nitrogen and oxygen atoms in total. The maximum Gasteiger partial charge on any atom is 0.339 e. The number of aryl methyl sites for hydroxylation is 1. The highest BCUT2D eigenvalue weighted by Gasteiger charge is 2.23. The second-order valence-corrected chi connectivity index (χ2v) is 5.34. The minimum absolute atomic E-state index is 0.223. The zero-order valence-corrected chi connectivity index (χ0v) is 14.5. The van der Waals surface area contributed by atoms with Gasteiger partial charge in [0.25, 0.3) is 0 Å². The fourth-order valence-corrected chi connectivity index (χ4v) is 2.45. The summed E-state index contributed by atoms with van der Waals surface area (Å²) in [5.41, 5.74) is 1.83. The van der Waals surface area contributed by atoms with E-state index in [1.165, 1.54) is 14.2 Å². The number of Topliss-reactive ketones (excluding diaryl/α,β-unsaturated/α-hetero) is 1. The minimum Gasteiger partial charge on any atom is -0.497 e. The number of ether oxygens (including phenoxy) is 3. The number of carbonyl (C=O) groups excluding carboxylic acids is 3. The Labute approximate surface area is 144 Å². The Balaban J connectivity index is 2.07. The minimum atomic E-state index is -0.620. The van der Waals surface area contributed by atoms with Gasteiger partial charge in [0.05, 0.1) is 31.0 Å². The van der Waals surface area contributed by atoms with E-state index in [9.17, 15) is 14.4 Å². The van der Waals surface area contributed by atoms with Crippen molar-refractivity contribution < 1.29 is 28.6 Å². The molecule has 0 spiro atoms. The Morgan fingerprint density at radius 3 is 2.20 bits per heavy atom. The van der Waals surface area contributed by atoms with E-state index >= 15 is 0 Å². The lowest BCUT2D eigenvalue weighted by Gasteiger charge is -2.05. The van der Waals surface area contributed by atoms with E-state index in [1.807, 2.05) is 0 Å². The molecule has 0 radical (unpaired) electrons. The molecule has 0 bridgehead atoms. The highest BCUT2D eigenvalue weighted by atomic mass is 16.5. The lowest BCUT2D eigenvalue weighted by Crippen LogP contribution is -2.15. The molecule has 0 amide bonds. The summed E-state index contributed by atoms with van der Waals surface area (Å²) in [7, 11) is 2.79. The maximum atomic E-state index is 12.3. The summed E-state index contributed by atoms with van der Waals surface area (Å²) in [6.07, 6.45) is 0. The first kappa shape index (κ1) is 18.3. The van der Waals surface area contributed by atoms with E-state index in [1.54, 1.807) is 38.1 Å². The molecule has 1 aromatic carbocycles. The first-order chi connectivity index (χ1) is 11.9. The Kier molecular flexibility index (Phi) is 5.59. The smallest absolute Gasteiger partial charge is 0.339 e. The molecule has 132 valence electrons. The van der Waals surface area contributed by atoms with Crippen LogP contribution in [0.3, 0.4) is 0 Å². The van der Waals surface area contributed by atoms with Crippen LogP contribution in [0.4, 0.5) is 0 Å². The predicted molar refractivity (Wildman–Crippen MR) is 89.2 cm³/mol. The van der Waals surface area contributed by atoms with Crippen LogP contribution in [0.2, 0.25) is 0 Å². The first-order valence-corrected chi connectivity index (χ1v) is 7.50. The number of methoxy groups -OCH3 is 2. The molecule has 1 N–H and O–H groups in total. The molecule has 2 rings (SSSR count). The van der Waals surface area contributed by atoms with Gasteiger partial charge in [-0.3, -0.25) is 4.79 Å². The summed E-state index contributed by atoms with van der Waals surface area (Å²) in [5, 5.41) is 0. The Bertz CT molecular complexity index is 804. The third-order valence-corrected chi connectivity index (χ3v) is 3.77. The highest BCUT2D eigenvalue weighted by molar-refractivity contribution is 6.03. The van der Waals surface area contributed by atoms with Crippen molar-refractivity contribution in [1.29, 1.82) is 0 Å². The Morgan fingerprint density at radius 1 is 1.00 bits per heavy atom. The van der Waals surface area contributed by atoms with Crippen LogP contribution in [0, 0.1) is 13.8 Å². The number of H-pyrrole nitrogens is 1. The van der Waals surface area contributed by atoms with Crippen LogP contribution in [0.25, 0.3) is 0 Å². The van der Waals surface area contributed by atoms with Gasteiger partial charge in [-0.15, -0.1) is 0 Å².